The molecule has 1 aromatic carbocycles. The maximum atomic E-state index is 9.68. The zero-order chi connectivity index (χ0) is 13.8. The zero-order valence-electron chi connectivity index (χ0n) is 11.2. The van der Waals surface area contributed by atoms with E-state index in [0.717, 1.165) is 28.3 Å². The molecule has 0 bridgehead atoms. The highest BCUT2D eigenvalue weighted by molar-refractivity contribution is 9.11. The number of rotatable bonds is 4. The standard InChI is InChI=1S/C14H20Br2N2O/c1-17-5-7-18(8-6-17)4-2-3-11-9-12(15)14(19)13(16)10-11/h9-10,19H,2-8H2,1H3. The molecule has 0 radical (unpaired) electrons. The van der Waals surface area contributed by atoms with E-state index in [-0.39, 0.29) is 5.75 Å². The van der Waals surface area contributed by atoms with Crippen molar-refractivity contribution in [2.45, 2.75) is 12.8 Å². The van der Waals surface area contributed by atoms with E-state index in [1.165, 1.54) is 31.7 Å². The van der Waals surface area contributed by atoms with Crippen molar-refractivity contribution >= 4 is 31.9 Å². The zero-order valence-corrected chi connectivity index (χ0v) is 14.4. The van der Waals surface area contributed by atoms with E-state index in [1.54, 1.807) is 0 Å². The van der Waals surface area contributed by atoms with E-state index in [0.29, 0.717) is 0 Å². The second kappa shape index (κ2) is 7.07. The van der Waals surface area contributed by atoms with Gasteiger partial charge in [0, 0.05) is 26.2 Å². The first-order chi connectivity index (χ1) is 9.06. The van der Waals surface area contributed by atoms with E-state index in [2.05, 4.69) is 48.7 Å². The third-order valence-corrected chi connectivity index (χ3v) is 4.82. The minimum Gasteiger partial charge on any atom is -0.506 e. The van der Waals surface area contributed by atoms with Gasteiger partial charge in [0.1, 0.15) is 5.75 Å². The van der Waals surface area contributed by atoms with Crippen LogP contribution in [0.25, 0.3) is 0 Å². The molecule has 1 saturated heterocycles. The van der Waals surface area contributed by atoms with Gasteiger partial charge in [0.2, 0.25) is 0 Å². The quantitative estimate of drug-likeness (QED) is 0.854. The molecule has 0 aliphatic carbocycles. The number of phenolic OH excluding ortho intramolecular Hbond substituents is 1. The number of aromatic hydroxyl groups is 1. The molecule has 0 atom stereocenters. The lowest BCUT2D eigenvalue weighted by Gasteiger charge is -2.32. The van der Waals surface area contributed by atoms with Gasteiger partial charge >= 0.3 is 0 Å². The average Bonchev–Trinajstić information content (AvgIpc) is 2.38. The Hall–Kier alpha value is -0.100. The van der Waals surface area contributed by atoms with Crippen LogP contribution in [0, 0.1) is 0 Å². The largest absolute Gasteiger partial charge is 0.506 e. The lowest BCUT2D eigenvalue weighted by molar-refractivity contribution is 0.153. The number of hydrogen-bond donors (Lipinski definition) is 1. The van der Waals surface area contributed by atoms with Gasteiger partial charge in [-0.1, -0.05) is 0 Å². The Labute approximate surface area is 131 Å². The van der Waals surface area contributed by atoms with E-state index in [9.17, 15) is 5.11 Å². The normalized spacial score (nSPS) is 17.8. The SMILES string of the molecule is CN1CCN(CCCc2cc(Br)c(O)c(Br)c2)CC1. The van der Waals surface area contributed by atoms with Crippen LogP contribution in [0.1, 0.15) is 12.0 Å². The molecule has 3 nitrogen and oxygen atoms in total. The van der Waals surface area contributed by atoms with Crippen LogP contribution in [-0.4, -0.2) is 54.7 Å². The molecule has 0 saturated carbocycles. The van der Waals surface area contributed by atoms with Gasteiger partial charge in [0.15, 0.2) is 0 Å². The van der Waals surface area contributed by atoms with Gasteiger partial charge in [-0.25, -0.2) is 0 Å². The highest BCUT2D eigenvalue weighted by Crippen LogP contribution is 2.33. The first-order valence-electron chi connectivity index (χ1n) is 6.64. The van der Waals surface area contributed by atoms with Crippen molar-refractivity contribution < 1.29 is 5.11 Å². The summed E-state index contributed by atoms with van der Waals surface area (Å²) in [5.41, 5.74) is 1.26. The minimum atomic E-state index is 0.280. The number of nitrogens with zero attached hydrogens (tertiary/aromatic N) is 2. The van der Waals surface area contributed by atoms with Gasteiger partial charge in [-0.05, 0) is 76.0 Å². The molecule has 1 aromatic rings. The molecule has 106 valence electrons. The predicted molar refractivity (Wildman–Crippen MR) is 85.8 cm³/mol. The third-order valence-electron chi connectivity index (χ3n) is 3.61. The summed E-state index contributed by atoms with van der Waals surface area (Å²) in [5.74, 6) is 0.280. The van der Waals surface area contributed by atoms with Crippen molar-refractivity contribution in [1.29, 1.82) is 0 Å². The molecule has 1 fully saturated rings. The number of halogens is 2. The average molecular weight is 392 g/mol. The minimum absolute atomic E-state index is 0.280. The topological polar surface area (TPSA) is 26.7 Å². The Morgan fingerprint density at radius 2 is 1.68 bits per heavy atom. The molecule has 0 aromatic heterocycles. The smallest absolute Gasteiger partial charge is 0.143 e. The number of benzene rings is 1. The molecule has 0 spiro atoms. The van der Waals surface area contributed by atoms with Gasteiger partial charge in [0.25, 0.3) is 0 Å². The van der Waals surface area contributed by atoms with Gasteiger partial charge in [-0.15, -0.1) is 0 Å². The molecule has 2 rings (SSSR count). The summed E-state index contributed by atoms with van der Waals surface area (Å²) in [4.78, 5) is 4.91. The first kappa shape index (κ1) is 15.3. The Bertz CT molecular complexity index is 408. The van der Waals surface area contributed by atoms with Crippen molar-refractivity contribution in [1.82, 2.24) is 9.80 Å². The van der Waals surface area contributed by atoms with Gasteiger partial charge in [-0.3, -0.25) is 0 Å². The van der Waals surface area contributed by atoms with E-state index in [4.69, 9.17) is 0 Å². The van der Waals surface area contributed by atoms with Crippen LogP contribution >= 0.6 is 31.9 Å². The summed E-state index contributed by atoms with van der Waals surface area (Å²) in [6.45, 7) is 5.87. The molecular weight excluding hydrogens is 372 g/mol. The molecule has 1 aliphatic rings. The second-order valence-electron chi connectivity index (χ2n) is 5.16. The van der Waals surface area contributed by atoms with Gasteiger partial charge in [-0.2, -0.15) is 0 Å². The van der Waals surface area contributed by atoms with Gasteiger partial charge in [0.05, 0.1) is 8.95 Å². The summed E-state index contributed by atoms with van der Waals surface area (Å²) >= 11 is 6.75. The highest BCUT2D eigenvalue weighted by Gasteiger charge is 2.13. The molecule has 1 aliphatic heterocycles. The Kier molecular flexibility index (Phi) is 5.69. The van der Waals surface area contributed by atoms with Gasteiger partial charge < -0.3 is 14.9 Å². The van der Waals surface area contributed by atoms with Crippen LogP contribution in [0.3, 0.4) is 0 Å². The number of aryl methyl sites for hydroxylation is 1. The summed E-state index contributed by atoms with van der Waals surface area (Å²) in [6, 6.07) is 4.01. The fourth-order valence-corrected chi connectivity index (χ4v) is 3.62. The third kappa shape index (κ3) is 4.45. The number of phenols is 1. The van der Waals surface area contributed by atoms with Crippen LogP contribution in [0.2, 0.25) is 0 Å². The van der Waals surface area contributed by atoms with E-state index in [1.807, 2.05) is 12.1 Å². The number of likely N-dealkylation sites (N-methyl/N-ethyl adjacent to an activating group) is 1. The first-order valence-corrected chi connectivity index (χ1v) is 8.22. The van der Waals surface area contributed by atoms with Crippen LogP contribution in [-0.2, 0) is 6.42 Å². The molecule has 19 heavy (non-hydrogen) atoms. The Morgan fingerprint density at radius 3 is 2.26 bits per heavy atom. The second-order valence-corrected chi connectivity index (χ2v) is 6.87. The summed E-state index contributed by atoms with van der Waals surface area (Å²) in [6.07, 6.45) is 2.21. The van der Waals surface area contributed by atoms with Crippen molar-refractivity contribution in [2.75, 3.05) is 39.8 Å². The lowest BCUT2D eigenvalue weighted by Crippen LogP contribution is -2.44. The lowest BCUT2D eigenvalue weighted by atomic mass is 10.1. The maximum absolute atomic E-state index is 9.68. The highest BCUT2D eigenvalue weighted by atomic mass is 79.9. The van der Waals surface area contributed by atoms with Crippen LogP contribution in [0.4, 0.5) is 0 Å². The summed E-state index contributed by atoms with van der Waals surface area (Å²) < 4.78 is 1.52. The monoisotopic (exact) mass is 390 g/mol. The fourth-order valence-electron chi connectivity index (χ4n) is 2.34. The van der Waals surface area contributed by atoms with E-state index < -0.39 is 0 Å². The molecule has 1 N–H and O–H groups in total. The van der Waals surface area contributed by atoms with Crippen molar-refractivity contribution in [3.63, 3.8) is 0 Å². The van der Waals surface area contributed by atoms with Crippen molar-refractivity contribution in [2.24, 2.45) is 0 Å². The molecule has 5 heteroatoms. The molecular formula is C14H20Br2N2O. The van der Waals surface area contributed by atoms with Crippen LogP contribution in [0.15, 0.2) is 21.1 Å². The summed E-state index contributed by atoms with van der Waals surface area (Å²) in [7, 11) is 2.18. The molecule has 0 unspecified atom stereocenters. The van der Waals surface area contributed by atoms with Crippen molar-refractivity contribution in [3.05, 3.63) is 26.6 Å². The maximum Gasteiger partial charge on any atom is 0.143 e. The molecule has 1 heterocycles. The fraction of sp³-hybridized carbons (Fsp3) is 0.571. The predicted octanol–water partition coefficient (Wildman–Crippen LogP) is 3.10. The molecule has 0 amide bonds. The number of hydrogen-bond acceptors (Lipinski definition) is 3. The van der Waals surface area contributed by atoms with E-state index >= 15 is 0 Å². The van der Waals surface area contributed by atoms with Crippen LogP contribution in [0.5, 0.6) is 5.75 Å². The van der Waals surface area contributed by atoms with Crippen LogP contribution < -0.4 is 0 Å². The summed E-state index contributed by atoms with van der Waals surface area (Å²) in [5, 5.41) is 9.68. The number of piperazine rings is 1. The Morgan fingerprint density at radius 1 is 1.11 bits per heavy atom. The Balaban J connectivity index is 1.79. The van der Waals surface area contributed by atoms with Crippen molar-refractivity contribution in [3.8, 4) is 5.75 Å².